The third-order valence-corrected chi connectivity index (χ3v) is 6.19. The van der Waals surface area contributed by atoms with Gasteiger partial charge in [0.25, 0.3) is 0 Å². The van der Waals surface area contributed by atoms with Gasteiger partial charge in [-0.15, -0.1) is 0 Å². The van der Waals surface area contributed by atoms with Gasteiger partial charge in [0.05, 0.1) is 0 Å². The normalized spacial score (nSPS) is 26.9. The Morgan fingerprint density at radius 1 is 1.23 bits per heavy atom. The van der Waals surface area contributed by atoms with Crippen molar-refractivity contribution in [1.29, 1.82) is 0 Å². The standard InChI is InChI=1S/C19H35N5O2/c1-3-17(25)23-11-6-16(14-23)22-18(20-2)21-15-19(7-12-26-13-8-19)24-9-4-5-10-24/h16H,3-15H2,1-2H3,(H2,20,21,22). The van der Waals surface area contributed by atoms with Crippen molar-refractivity contribution in [2.45, 2.75) is 57.0 Å². The molecule has 0 aromatic rings. The first-order valence-corrected chi connectivity index (χ1v) is 10.2. The monoisotopic (exact) mass is 365 g/mol. The van der Waals surface area contributed by atoms with E-state index in [0.717, 1.165) is 58.1 Å². The summed E-state index contributed by atoms with van der Waals surface area (Å²) in [5.74, 6) is 1.10. The second-order valence-corrected chi connectivity index (χ2v) is 7.78. The molecule has 2 N–H and O–H groups in total. The van der Waals surface area contributed by atoms with Crippen molar-refractivity contribution >= 4 is 11.9 Å². The van der Waals surface area contributed by atoms with Crippen LogP contribution in [0.4, 0.5) is 0 Å². The number of amides is 1. The second kappa shape index (κ2) is 9.04. The van der Waals surface area contributed by atoms with E-state index in [1.807, 2.05) is 18.9 Å². The van der Waals surface area contributed by atoms with Crippen molar-refractivity contribution in [3.63, 3.8) is 0 Å². The number of ether oxygens (including phenoxy) is 1. The fourth-order valence-electron chi connectivity index (χ4n) is 4.51. The van der Waals surface area contributed by atoms with E-state index in [0.29, 0.717) is 6.42 Å². The average Bonchev–Trinajstić information content (AvgIpc) is 3.37. The first-order valence-electron chi connectivity index (χ1n) is 10.2. The highest BCUT2D eigenvalue weighted by Crippen LogP contribution is 2.30. The minimum atomic E-state index is 0.187. The van der Waals surface area contributed by atoms with Crippen LogP contribution in [0.2, 0.25) is 0 Å². The van der Waals surface area contributed by atoms with Crippen LogP contribution in [-0.2, 0) is 9.53 Å². The number of nitrogens with zero attached hydrogens (tertiary/aromatic N) is 3. The van der Waals surface area contributed by atoms with Gasteiger partial charge in [0.2, 0.25) is 5.91 Å². The Balaban J connectivity index is 1.53. The zero-order chi connectivity index (χ0) is 18.4. The summed E-state index contributed by atoms with van der Waals surface area (Å²) in [6, 6.07) is 0.286. The van der Waals surface area contributed by atoms with Gasteiger partial charge in [-0.25, -0.2) is 0 Å². The lowest BCUT2D eigenvalue weighted by Gasteiger charge is -2.45. The molecule has 148 valence electrons. The molecule has 26 heavy (non-hydrogen) atoms. The van der Waals surface area contributed by atoms with E-state index in [2.05, 4.69) is 20.5 Å². The summed E-state index contributed by atoms with van der Waals surface area (Å²) in [6.07, 6.45) is 6.34. The van der Waals surface area contributed by atoms with E-state index in [1.54, 1.807) is 0 Å². The number of likely N-dealkylation sites (tertiary alicyclic amines) is 2. The molecule has 3 aliphatic heterocycles. The number of hydrogen-bond acceptors (Lipinski definition) is 4. The Bertz CT molecular complexity index is 498. The van der Waals surface area contributed by atoms with Crippen molar-refractivity contribution in [2.75, 3.05) is 53.0 Å². The maximum atomic E-state index is 11.9. The number of rotatable bonds is 5. The van der Waals surface area contributed by atoms with Crippen LogP contribution in [0.3, 0.4) is 0 Å². The number of carbonyl (C=O) groups is 1. The van der Waals surface area contributed by atoms with E-state index in [4.69, 9.17) is 4.74 Å². The predicted octanol–water partition coefficient (Wildman–Crippen LogP) is 0.807. The quantitative estimate of drug-likeness (QED) is 0.557. The summed E-state index contributed by atoms with van der Waals surface area (Å²) in [4.78, 5) is 20.9. The van der Waals surface area contributed by atoms with E-state index in [9.17, 15) is 4.79 Å². The molecule has 3 heterocycles. The van der Waals surface area contributed by atoms with Gasteiger partial charge in [-0.3, -0.25) is 14.7 Å². The van der Waals surface area contributed by atoms with Crippen molar-refractivity contribution in [2.24, 2.45) is 4.99 Å². The Morgan fingerprint density at radius 3 is 2.62 bits per heavy atom. The molecule has 0 aromatic heterocycles. The summed E-state index contributed by atoms with van der Waals surface area (Å²) >= 11 is 0. The summed E-state index contributed by atoms with van der Waals surface area (Å²) < 4.78 is 5.63. The number of guanidine groups is 1. The predicted molar refractivity (Wildman–Crippen MR) is 103 cm³/mol. The van der Waals surface area contributed by atoms with Crippen LogP contribution in [0, 0.1) is 0 Å². The number of aliphatic imine (C=N–C) groups is 1. The molecular formula is C19H35N5O2. The molecule has 0 saturated carbocycles. The largest absolute Gasteiger partial charge is 0.381 e. The minimum Gasteiger partial charge on any atom is -0.381 e. The van der Waals surface area contributed by atoms with Gasteiger partial charge in [0.15, 0.2) is 5.96 Å². The number of nitrogens with one attached hydrogen (secondary N) is 2. The highest BCUT2D eigenvalue weighted by atomic mass is 16.5. The van der Waals surface area contributed by atoms with Gasteiger partial charge in [-0.2, -0.15) is 0 Å². The van der Waals surface area contributed by atoms with E-state index >= 15 is 0 Å². The molecule has 3 fully saturated rings. The van der Waals surface area contributed by atoms with Crippen LogP contribution < -0.4 is 10.6 Å². The maximum Gasteiger partial charge on any atom is 0.222 e. The van der Waals surface area contributed by atoms with Crippen molar-refractivity contribution in [3.05, 3.63) is 0 Å². The maximum absolute atomic E-state index is 11.9. The van der Waals surface area contributed by atoms with Gasteiger partial charge >= 0.3 is 0 Å². The molecule has 3 saturated heterocycles. The van der Waals surface area contributed by atoms with Gasteiger partial charge in [-0.1, -0.05) is 6.92 Å². The van der Waals surface area contributed by atoms with Gasteiger partial charge < -0.3 is 20.3 Å². The number of carbonyl (C=O) groups excluding carboxylic acids is 1. The molecule has 0 spiro atoms. The lowest BCUT2D eigenvalue weighted by Crippen LogP contribution is -2.59. The molecule has 1 unspecified atom stereocenters. The molecule has 1 atom stereocenters. The lowest BCUT2D eigenvalue weighted by molar-refractivity contribution is -0.129. The number of hydrogen-bond donors (Lipinski definition) is 2. The van der Waals surface area contributed by atoms with Crippen molar-refractivity contribution in [1.82, 2.24) is 20.4 Å². The molecule has 0 aromatic carbocycles. The van der Waals surface area contributed by atoms with Crippen LogP contribution in [0.5, 0.6) is 0 Å². The van der Waals surface area contributed by atoms with E-state index < -0.39 is 0 Å². The Labute approximate surface area is 157 Å². The van der Waals surface area contributed by atoms with Crippen LogP contribution in [0.15, 0.2) is 4.99 Å². The van der Waals surface area contributed by atoms with Gasteiger partial charge in [0.1, 0.15) is 0 Å². The zero-order valence-electron chi connectivity index (χ0n) is 16.4. The van der Waals surface area contributed by atoms with E-state index in [-0.39, 0.29) is 17.5 Å². The lowest BCUT2D eigenvalue weighted by atomic mass is 9.88. The summed E-state index contributed by atoms with van der Waals surface area (Å²) in [5, 5.41) is 7.10. The summed E-state index contributed by atoms with van der Waals surface area (Å²) in [5.41, 5.74) is 0.187. The van der Waals surface area contributed by atoms with Crippen LogP contribution in [0.1, 0.15) is 45.4 Å². The van der Waals surface area contributed by atoms with Crippen LogP contribution in [0.25, 0.3) is 0 Å². The van der Waals surface area contributed by atoms with Crippen LogP contribution in [-0.4, -0.2) is 86.2 Å². The highest BCUT2D eigenvalue weighted by molar-refractivity contribution is 5.80. The molecule has 1 amide bonds. The Morgan fingerprint density at radius 2 is 1.96 bits per heavy atom. The molecule has 7 nitrogen and oxygen atoms in total. The third kappa shape index (κ3) is 4.49. The zero-order valence-corrected chi connectivity index (χ0v) is 16.4. The van der Waals surface area contributed by atoms with Crippen LogP contribution >= 0.6 is 0 Å². The molecule has 0 aliphatic carbocycles. The van der Waals surface area contributed by atoms with Crippen molar-refractivity contribution in [3.8, 4) is 0 Å². The SMILES string of the molecule is CCC(=O)N1CCC(NC(=NC)NCC2(N3CCCC3)CCOCC2)C1. The van der Waals surface area contributed by atoms with Crippen molar-refractivity contribution < 1.29 is 9.53 Å². The molecular weight excluding hydrogens is 330 g/mol. The topological polar surface area (TPSA) is 69.2 Å². The molecule has 0 bridgehead atoms. The minimum absolute atomic E-state index is 0.187. The smallest absolute Gasteiger partial charge is 0.222 e. The van der Waals surface area contributed by atoms with E-state index in [1.165, 1.54) is 25.9 Å². The van der Waals surface area contributed by atoms with Gasteiger partial charge in [0, 0.05) is 57.9 Å². The van der Waals surface area contributed by atoms with Gasteiger partial charge in [-0.05, 0) is 45.2 Å². The second-order valence-electron chi connectivity index (χ2n) is 7.78. The molecule has 0 radical (unpaired) electrons. The first kappa shape index (κ1) is 19.4. The molecule has 3 rings (SSSR count). The summed E-state index contributed by atoms with van der Waals surface area (Å²) in [7, 11) is 1.83. The highest BCUT2D eigenvalue weighted by Gasteiger charge is 2.39. The molecule has 7 heteroatoms. The fourth-order valence-corrected chi connectivity index (χ4v) is 4.51. The fraction of sp³-hybridized carbons (Fsp3) is 0.895. The molecule has 3 aliphatic rings. The Hall–Kier alpha value is -1.34. The Kier molecular flexibility index (Phi) is 6.75. The average molecular weight is 366 g/mol. The first-order chi connectivity index (χ1) is 12.7. The third-order valence-electron chi connectivity index (χ3n) is 6.19. The summed E-state index contributed by atoms with van der Waals surface area (Å²) in [6.45, 7) is 8.54.